The lowest BCUT2D eigenvalue weighted by Crippen LogP contribution is -2.30. The predicted molar refractivity (Wildman–Crippen MR) is 109 cm³/mol. The van der Waals surface area contributed by atoms with Crippen LogP contribution in [0.15, 0.2) is 54.6 Å². The van der Waals surface area contributed by atoms with Gasteiger partial charge in [-0.2, -0.15) is 5.10 Å². The van der Waals surface area contributed by atoms with E-state index in [1.54, 1.807) is 16.8 Å². The molecule has 1 fully saturated rings. The highest BCUT2D eigenvalue weighted by molar-refractivity contribution is 5.43. The Balaban J connectivity index is 1.61. The second-order valence-corrected chi connectivity index (χ2v) is 7.29. The molecular formula is C22H25FN4O2. The Morgan fingerprint density at radius 1 is 1.21 bits per heavy atom. The Morgan fingerprint density at radius 3 is 2.76 bits per heavy atom. The van der Waals surface area contributed by atoms with Crippen LogP contribution in [0.1, 0.15) is 11.3 Å². The molecule has 0 spiro atoms. The van der Waals surface area contributed by atoms with E-state index in [-0.39, 0.29) is 17.8 Å². The van der Waals surface area contributed by atoms with Gasteiger partial charge in [-0.3, -0.25) is 0 Å². The summed E-state index contributed by atoms with van der Waals surface area (Å²) in [6.07, 6.45) is -0.335. The summed E-state index contributed by atoms with van der Waals surface area (Å²) in [5.41, 5.74) is 2.60. The summed E-state index contributed by atoms with van der Waals surface area (Å²) in [7, 11) is 0. The van der Waals surface area contributed by atoms with Crippen LogP contribution in [0.4, 0.5) is 4.39 Å². The van der Waals surface area contributed by atoms with Gasteiger partial charge in [0.1, 0.15) is 11.6 Å². The van der Waals surface area contributed by atoms with Crippen molar-refractivity contribution >= 4 is 0 Å². The van der Waals surface area contributed by atoms with Crippen molar-refractivity contribution in [3.63, 3.8) is 0 Å². The zero-order chi connectivity index (χ0) is 20.2. The molecule has 2 aromatic carbocycles. The van der Waals surface area contributed by atoms with E-state index in [1.165, 1.54) is 12.1 Å². The normalized spacial score (nSPS) is 18.9. The molecule has 4 rings (SSSR count). The number of benzene rings is 2. The molecule has 1 saturated heterocycles. The number of rotatable bonds is 7. The summed E-state index contributed by atoms with van der Waals surface area (Å²) < 4.78 is 21.5. The second kappa shape index (κ2) is 8.73. The lowest BCUT2D eigenvalue weighted by Gasteiger charge is -2.15. The molecule has 29 heavy (non-hydrogen) atoms. The smallest absolute Gasteiger partial charge is 0.227 e. The van der Waals surface area contributed by atoms with Gasteiger partial charge in [-0.1, -0.05) is 24.3 Å². The summed E-state index contributed by atoms with van der Waals surface area (Å²) in [4.78, 5) is 0. The number of hydrogen-bond donors (Lipinski definition) is 3. The molecule has 1 aliphatic heterocycles. The fraction of sp³-hybridized carbons (Fsp3) is 0.318. The molecule has 0 aliphatic carbocycles. The van der Waals surface area contributed by atoms with Crippen molar-refractivity contribution < 1.29 is 14.2 Å². The molecule has 0 amide bonds. The second-order valence-electron chi connectivity index (χ2n) is 7.29. The Morgan fingerprint density at radius 2 is 2.03 bits per heavy atom. The van der Waals surface area contributed by atoms with Crippen LogP contribution in [-0.2, 0) is 6.54 Å². The van der Waals surface area contributed by atoms with Gasteiger partial charge in [0.15, 0.2) is 0 Å². The lowest BCUT2D eigenvalue weighted by atomic mass is 10.1. The minimum atomic E-state index is -0.354. The fourth-order valence-electron chi connectivity index (χ4n) is 3.54. The van der Waals surface area contributed by atoms with Crippen molar-refractivity contribution in [1.29, 1.82) is 0 Å². The van der Waals surface area contributed by atoms with Crippen LogP contribution in [0.2, 0.25) is 0 Å². The number of aryl methyl sites for hydroxylation is 1. The lowest BCUT2D eigenvalue weighted by molar-refractivity contribution is 0.146. The van der Waals surface area contributed by atoms with Crippen LogP contribution in [0.5, 0.6) is 11.6 Å². The van der Waals surface area contributed by atoms with Gasteiger partial charge in [-0.15, -0.1) is 0 Å². The number of hydrogen-bond acceptors (Lipinski definition) is 5. The minimum absolute atomic E-state index is 0.173. The maximum absolute atomic E-state index is 13.7. The number of aromatic nitrogens is 2. The largest absolute Gasteiger partial charge is 0.438 e. The number of nitrogens with one attached hydrogen (secondary N) is 2. The molecule has 3 N–H and O–H groups in total. The first kappa shape index (κ1) is 19.6. The van der Waals surface area contributed by atoms with Crippen LogP contribution in [0, 0.1) is 18.7 Å². The van der Waals surface area contributed by atoms with Crippen LogP contribution in [-0.4, -0.2) is 40.6 Å². The standard InChI is InChI=1S/C22H25FN4O2/c1-15-20(13-24-11-16-12-25-14-21(16)28)22(29-19-9-5-6-17(23)10-19)27(26-15)18-7-3-2-4-8-18/h2-10,16,21,24-25,28H,11-14H2,1H3. The van der Waals surface area contributed by atoms with E-state index < -0.39 is 0 Å². The van der Waals surface area contributed by atoms with Crippen molar-refractivity contribution in [1.82, 2.24) is 20.4 Å². The van der Waals surface area contributed by atoms with Gasteiger partial charge in [0.2, 0.25) is 5.88 Å². The molecule has 152 valence electrons. The summed E-state index contributed by atoms with van der Waals surface area (Å²) in [5.74, 6) is 0.787. The summed E-state index contributed by atoms with van der Waals surface area (Å²) in [6, 6.07) is 15.8. The van der Waals surface area contributed by atoms with Crippen molar-refractivity contribution in [3.05, 3.63) is 71.7 Å². The number of aliphatic hydroxyl groups excluding tert-OH is 1. The van der Waals surface area contributed by atoms with E-state index in [9.17, 15) is 9.50 Å². The minimum Gasteiger partial charge on any atom is -0.438 e. The first-order valence-corrected chi connectivity index (χ1v) is 9.78. The zero-order valence-electron chi connectivity index (χ0n) is 16.3. The van der Waals surface area contributed by atoms with E-state index in [2.05, 4.69) is 15.7 Å². The van der Waals surface area contributed by atoms with E-state index in [1.807, 2.05) is 37.3 Å². The molecule has 0 radical (unpaired) electrons. The third-order valence-electron chi connectivity index (χ3n) is 5.16. The molecule has 2 atom stereocenters. The van der Waals surface area contributed by atoms with Gasteiger partial charge in [0.05, 0.1) is 23.0 Å². The molecule has 2 unspecified atom stereocenters. The maximum atomic E-state index is 13.7. The molecule has 3 aromatic rings. The van der Waals surface area contributed by atoms with Crippen molar-refractivity contribution in [2.24, 2.45) is 5.92 Å². The van der Waals surface area contributed by atoms with E-state index in [0.717, 1.165) is 23.5 Å². The SMILES string of the molecule is Cc1nn(-c2ccccc2)c(Oc2cccc(F)c2)c1CNCC1CNCC1O. The topological polar surface area (TPSA) is 71.3 Å². The number of ether oxygens (including phenoxy) is 1. The van der Waals surface area contributed by atoms with Gasteiger partial charge in [-0.05, 0) is 31.2 Å². The number of aliphatic hydroxyl groups is 1. The van der Waals surface area contributed by atoms with Crippen LogP contribution < -0.4 is 15.4 Å². The maximum Gasteiger partial charge on any atom is 0.227 e. The van der Waals surface area contributed by atoms with Crippen LogP contribution in [0.3, 0.4) is 0 Å². The van der Waals surface area contributed by atoms with Crippen molar-refractivity contribution in [2.75, 3.05) is 19.6 Å². The molecule has 6 nitrogen and oxygen atoms in total. The summed E-state index contributed by atoms with van der Waals surface area (Å²) in [5, 5.41) is 21.3. The molecule has 1 aromatic heterocycles. The number of nitrogens with zero attached hydrogens (tertiary/aromatic N) is 2. The summed E-state index contributed by atoms with van der Waals surface area (Å²) >= 11 is 0. The van der Waals surface area contributed by atoms with Crippen molar-refractivity contribution in [3.8, 4) is 17.3 Å². The highest BCUT2D eigenvalue weighted by Crippen LogP contribution is 2.31. The molecular weight excluding hydrogens is 371 g/mol. The zero-order valence-corrected chi connectivity index (χ0v) is 16.3. The molecule has 2 heterocycles. The Kier molecular flexibility index (Phi) is 5.89. The Bertz CT molecular complexity index is 961. The van der Waals surface area contributed by atoms with Crippen LogP contribution >= 0.6 is 0 Å². The van der Waals surface area contributed by atoms with Gasteiger partial charge in [-0.25, -0.2) is 9.07 Å². The third-order valence-corrected chi connectivity index (χ3v) is 5.16. The predicted octanol–water partition coefficient (Wildman–Crippen LogP) is 2.78. The summed E-state index contributed by atoms with van der Waals surface area (Å²) in [6.45, 7) is 4.57. The number of para-hydroxylation sites is 1. The number of halogens is 1. The quantitative estimate of drug-likeness (QED) is 0.573. The third kappa shape index (κ3) is 4.48. The van der Waals surface area contributed by atoms with Crippen molar-refractivity contribution in [2.45, 2.75) is 19.6 Å². The number of β-amino-alcohol motifs (C(OH)–C–C–N with tert-alkyl or cyclic N) is 1. The molecule has 1 aliphatic rings. The van der Waals surface area contributed by atoms with Crippen LogP contribution in [0.25, 0.3) is 5.69 Å². The van der Waals surface area contributed by atoms with Gasteiger partial charge in [0.25, 0.3) is 0 Å². The molecule has 0 saturated carbocycles. The monoisotopic (exact) mass is 396 g/mol. The highest BCUT2D eigenvalue weighted by atomic mass is 19.1. The first-order chi connectivity index (χ1) is 14.1. The average Bonchev–Trinajstić information content (AvgIpc) is 3.26. The van der Waals surface area contributed by atoms with E-state index >= 15 is 0 Å². The first-order valence-electron chi connectivity index (χ1n) is 9.78. The average molecular weight is 396 g/mol. The van der Waals surface area contributed by atoms with E-state index in [4.69, 9.17) is 4.74 Å². The molecule has 7 heteroatoms. The molecule has 0 bridgehead atoms. The van der Waals surface area contributed by atoms with Gasteiger partial charge < -0.3 is 20.5 Å². The van der Waals surface area contributed by atoms with Gasteiger partial charge in [0, 0.05) is 38.2 Å². The Hall–Kier alpha value is -2.74. The Labute approximate surface area is 169 Å². The fourth-order valence-corrected chi connectivity index (χ4v) is 3.54. The van der Waals surface area contributed by atoms with Gasteiger partial charge >= 0.3 is 0 Å². The van der Waals surface area contributed by atoms with E-state index in [0.29, 0.717) is 31.3 Å². The highest BCUT2D eigenvalue weighted by Gasteiger charge is 2.25.